The summed E-state index contributed by atoms with van der Waals surface area (Å²) in [5.74, 6) is 3.88. The van der Waals surface area contributed by atoms with Gasteiger partial charge in [-0.15, -0.1) is 0 Å². The van der Waals surface area contributed by atoms with E-state index in [0.29, 0.717) is 5.92 Å². The smallest absolute Gasteiger partial charge is 0.00153 e. The molecule has 1 aromatic rings. The molecule has 1 saturated heterocycles. The number of hydrogen-bond acceptors (Lipinski definition) is 1. The highest BCUT2D eigenvalue weighted by molar-refractivity contribution is 5.31. The van der Waals surface area contributed by atoms with Crippen molar-refractivity contribution in [2.24, 2.45) is 23.7 Å². The van der Waals surface area contributed by atoms with E-state index in [4.69, 9.17) is 0 Å². The van der Waals surface area contributed by atoms with Crippen LogP contribution in [0.1, 0.15) is 17.9 Å². The van der Waals surface area contributed by atoms with Crippen LogP contribution in [0.4, 0.5) is 0 Å². The fourth-order valence-corrected chi connectivity index (χ4v) is 4.88. The summed E-state index contributed by atoms with van der Waals surface area (Å²) in [4.78, 5) is 2.53. The second kappa shape index (κ2) is 4.89. The zero-order valence-electron chi connectivity index (χ0n) is 12.2. The van der Waals surface area contributed by atoms with E-state index in [1.807, 2.05) is 0 Å². The molecule has 5 unspecified atom stereocenters. The van der Waals surface area contributed by atoms with Gasteiger partial charge in [-0.2, -0.15) is 0 Å². The number of allylic oxidation sites excluding steroid dienone is 4. The van der Waals surface area contributed by atoms with Gasteiger partial charge in [0.05, 0.1) is 0 Å². The second-order valence-corrected chi connectivity index (χ2v) is 6.74. The third-order valence-electron chi connectivity index (χ3n) is 5.69. The minimum absolute atomic E-state index is 0.712. The van der Waals surface area contributed by atoms with Gasteiger partial charge >= 0.3 is 0 Å². The molecule has 1 aliphatic heterocycles. The lowest BCUT2D eigenvalue weighted by Crippen LogP contribution is -2.38. The van der Waals surface area contributed by atoms with E-state index in [1.54, 1.807) is 5.56 Å². The first-order valence-corrected chi connectivity index (χ1v) is 7.93. The number of benzene rings is 1. The van der Waals surface area contributed by atoms with Crippen LogP contribution in [-0.2, 0) is 0 Å². The van der Waals surface area contributed by atoms with Crippen LogP contribution < -0.4 is 0 Å². The molecule has 3 aliphatic rings. The molecular weight excluding hydrogens is 242 g/mol. The van der Waals surface area contributed by atoms with Crippen molar-refractivity contribution in [1.29, 1.82) is 0 Å². The molecule has 0 radical (unpaired) electrons. The zero-order chi connectivity index (χ0) is 13.5. The van der Waals surface area contributed by atoms with E-state index in [0.717, 1.165) is 23.7 Å². The summed E-state index contributed by atoms with van der Waals surface area (Å²) in [6, 6.07) is 11.2. The first-order valence-electron chi connectivity index (χ1n) is 7.93. The van der Waals surface area contributed by atoms with Gasteiger partial charge < -0.3 is 4.90 Å². The Kier molecular flexibility index (Phi) is 3.03. The quantitative estimate of drug-likeness (QED) is 0.748. The number of piperidine rings is 1. The van der Waals surface area contributed by atoms with Crippen LogP contribution in [0.3, 0.4) is 0 Å². The van der Waals surface area contributed by atoms with Gasteiger partial charge in [-0.3, -0.25) is 0 Å². The highest BCUT2D eigenvalue weighted by atomic mass is 15.1. The molecule has 0 N–H and O–H groups in total. The van der Waals surface area contributed by atoms with Gasteiger partial charge in [0.25, 0.3) is 0 Å². The maximum absolute atomic E-state index is 2.53. The Morgan fingerprint density at radius 1 is 0.950 bits per heavy atom. The Balaban J connectivity index is 1.74. The maximum atomic E-state index is 2.53. The van der Waals surface area contributed by atoms with Gasteiger partial charge in [-0.05, 0) is 55.2 Å². The Bertz CT molecular complexity index is 530. The number of fused-ring (bicyclic) bond motifs is 3. The average Bonchev–Trinajstić information content (AvgIpc) is 2.82. The highest BCUT2D eigenvalue weighted by Crippen LogP contribution is 2.55. The van der Waals surface area contributed by atoms with E-state index in [1.165, 1.54) is 19.5 Å². The normalized spacial score (nSPS) is 39.5. The van der Waals surface area contributed by atoms with E-state index in [2.05, 4.69) is 66.6 Å². The van der Waals surface area contributed by atoms with Crippen LogP contribution >= 0.6 is 0 Å². The molecule has 4 rings (SSSR count). The van der Waals surface area contributed by atoms with Crippen molar-refractivity contribution >= 4 is 0 Å². The number of hydrogen-bond donors (Lipinski definition) is 0. The molecule has 20 heavy (non-hydrogen) atoms. The lowest BCUT2D eigenvalue weighted by molar-refractivity contribution is 0.143. The molecule has 2 fully saturated rings. The SMILES string of the molecule is CN1CCC2C(C1)C1C=CC=CC1C2c1ccccc1. The van der Waals surface area contributed by atoms with Crippen molar-refractivity contribution in [3.05, 3.63) is 60.2 Å². The molecule has 0 bridgehead atoms. The average molecular weight is 265 g/mol. The summed E-state index contributed by atoms with van der Waals surface area (Å²) in [5.41, 5.74) is 1.56. The molecule has 1 saturated carbocycles. The molecule has 5 atom stereocenters. The number of nitrogens with zero attached hydrogens (tertiary/aromatic N) is 1. The minimum Gasteiger partial charge on any atom is -0.306 e. The molecule has 104 valence electrons. The number of rotatable bonds is 1. The van der Waals surface area contributed by atoms with E-state index < -0.39 is 0 Å². The standard InChI is InChI=1S/C19H23N/c1-20-12-11-17-18(13-20)15-9-5-6-10-16(15)19(17)14-7-3-2-4-8-14/h2-10,15-19H,11-13H2,1H3. The van der Waals surface area contributed by atoms with Gasteiger partial charge in [-0.1, -0.05) is 54.6 Å². The predicted octanol–water partition coefficient (Wildman–Crippen LogP) is 3.71. The summed E-state index contributed by atoms with van der Waals surface area (Å²) in [5, 5.41) is 0. The van der Waals surface area contributed by atoms with Crippen molar-refractivity contribution < 1.29 is 0 Å². The first-order chi connectivity index (χ1) is 9.84. The number of likely N-dealkylation sites (tertiary alicyclic amines) is 1. The summed E-state index contributed by atoms with van der Waals surface area (Å²) in [6.07, 6.45) is 10.8. The van der Waals surface area contributed by atoms with Crippen LogP contribution in [0.5, 0.6) is 0 Å². The Labute approximate surface area is 122 Å². The molecule has 1 aromatic carbocycles. The van der Waals surface area contributed by atoms with Crippen LogP contribution in [-0.4, -0.2) is 25.0 Å². The second-order valence-electron chi connectivity index (χ2n) is 6.74. The van der Waals surface area contributed by atoms with Crippen molar-refractivity contribution in [3.8, 4) is 0 Å². The van der Waals surface area contributed by atoms with Crippen LogP contribution in [0.15, 0.2) is 54.6 Å². The van der Waals surface area contributed by atoms with Gasteiger partial charge in [-0.25, -0.2) is 0 Å². The highest BCUT2D eigenvalue weighted by Gasteiger charge is 2.50. The Morgan fingerprint density at radius 3 is 2.50 bits per heavy atom. The molecule has 0 aromatic heterocycles. The summed E-state index contributed by atoms with van der Waals surface area (Å²) in [6.45, 7) is 2.53. The molecule has 0 amide bonds. The lowest BCUT2D eigenvalue weighted by atomic mass is 9.78. The minimum atomic E-state index is 0.712. The van der Waals surface area contributed by atoms with Crippen LogP contribution in [0.2, 0.25) is 0 Å². The fraction of sp³-hybridized carbons (Fsp3) is 0.474. The lowest BCUT2D eigenvalue weighted by Gasteiger charge is -2.36. The molecule has 0 spiro atoms. The largest absolute Gasteiger partial charge is 0.306 e. The molecular formula is C19H23N. The van der Waals surface area contributed by atoms with E-state index in [-0.39, 0.29) is 0 Å². The summed E-state index contributed by atoms with van der Waals surface area (Å²) in [7, 11) is 2.28. The summed E-state index contributed by atoms with van der Waals surface area (Å²) >= 11 is 0. The third kappa shape index (κ3) is 1.88. The Morgan fingerprint density at radius 2 is 1.70 bits per heavy atom. The third-order valence-corrected chi connectivity index (χ3v) is 5.69. The Hall–Kier alpha value is -1.34. The molecule has 1 heteroatoms. The van der Waals surface area contributed by atoms with E-state index >= 15 is 0 Å². The molecule has 1 heterocycles. The van der Waals surface area contributed by atoms with Crippen molar-refractivity contribution in [3.63, 3.8) is 0 Å². The maximum Gasteiger partial charge on any atom is 0.00153 e. The molecule has 1 nitrogen and oxygen atoms in total. The van der Waals surface area contributed by atoms with Gasteiger partial charge in [0.1, 0.15) is 0 Å². The van der Waals surface area contributed by atoms with E-state index in [9.17, 15) is 0 Å². The van der Waals surface area contributed by atoms with Crippen molar-refractivity contribution in [2.75, 3.05) is 20.1 Å². The summed E-state index contributed by atoms with van der Waals surface area (Å²) < 4.78 is 0. The van der Waals surface area contributed by atoms with Crippen molar-refractivity contribution in [1.82, 2.24) is 4.90 Å². The molecule has 2 aliphatic carbocycles. The van der Waals surface area contributed by atoms with Crippen LogP contribution in [0, 0.1) is 23.7 Å². The fourth-order valence-electron chi connectivity index (χ4n) is 4.88. The van der Waals surface area contributed by atoms with Gasteiger partial charge in [0, 0.05) is 6.54 Å². The predicted molar refractivity (Wildman–Crippen MR) is 83.5 cm³/mol. The zero-order valence-corrected chi connectivity index (χ0v) is 12.2. The monoisotopic (exact) mass is 265 g/mol. The van der Waals surface area contributed by atoms with Gasteiger partial charge in [0.2, 0.25) is 0 Å². The van der Waals surface area contributed by atoms with Gasteiger partial charge in [0.15, 0.2) is 0 Å². The first kappa shape index (κ1) is 12.4. The topological polar surface area (TPSA) is 3.24 Å². The van der Waals surface area contributed by atoms with Crippen molar-refractivity contribution in [2.45, 2.75) is 12.3 Å². The van der Waals surface area contributed by atoms with Crippen LogP contribution in [0.25, 0.3) is 0 Å².